The first kappa shape index (κ1) is 15.4. The van der Waals surface area contributed by atoms with Gasteiger partial charge in [-0.3, -0.25) is 0 Å². The molecule has 1 aliphatic heterocycles. The van der Waals surface area contributed by atoms with Crippen molar-refractivity contribution in [1.82, 2.24) is 5.32 Å². The molecule has 0 aliphatic carbocycles. The van der Waals surface area contributed by atoms with Crippen LogP contribution in [-0.2, 0) is 4.74 Å². The third-order valence-electron chi connectivity index (χ3n) is 3.91. The third-order valence-corrected chi connectivity index (χ3v) is 3.91. The molecule has 1 aromatic rings. The van der Waals surface area contributed by atoms with Crippen molar-refractivity contribution in [3.8, 4) is 0 Å². The van der Waals surface area contributed by atoms with E-state index in [2.05, 4.69) is 12.2 Å². The van der Waals surface area contributed by atoms with Crippen molar-refractivity contribution in [2.75, 3.05) is 19.8 Å². The molecule has 1 fully saturated rings. The van der Waals surface area contributed by atoms with E-state index in [1.165, 1.54) is 6.07 Å². The average molecular weight is 283 g/mol. The van der Waals surface area contributed by atoms with E-state index in [1.54, 1.807) is 12.1 Å². The van der Waals surface area contributed by atoms with Crippen LogP contribution in [0.15, 0.2) is 18.2 Å². The largest absolute Gasteiger partial charge is 0.381 e. The summed E-state index contributed by atoms with van der Waals surface area (Å²) in [6, 6.07) is 4.32. The number of benzene rings is 1. The highest BCUT2D eigenvalue weighted by atomic mass is 19.2. The van der Waals surface area contributed by atoms with Crippen LogP contribution >= 0.6 is 0 Å². The second kappa shape index (κ2) is 7.70. The van der Waals surface area contributed by atoms with E-state index in [4.69, 9.17) is 4.74 Å². The second-order valence-electron chi connectivity index (χ2n) is 5.44. The van der Waals surface area contributed by atoms with Crippen molar-refractivity contribution in [1.29, 1.82) is 0 Å². The summed E-state index contributed by atoms with van der Waals surface area (Å²) in [7, 11) is 0. The lowest BCUT2D eigenvalue weighted by Gasteiger charge is -2.28. The first-order chi connectivity index (χ1) is 9.72. The SMILES string of the molecule is CCCNC(CC1CCOCC1)c1cccc(F)c1F. The predicted molar refractivity (Wildman–Crippen MR) is 75.6 cm³/mol. The molecule has 1 atom stereocenters. The summed E-state index contributed by atoms with van der Waals surface area (Å²) in [6.07, 6.45) is 3.81. The summed E-state index contributed by atoms with van der Waals surface area (Å²) in [5.41, 5.74) is 0.449. The van der Waals surface area contributed by atoms with E-state index >= 15 is 0 Å². The molecular formula is C16H23F2NO. The van der Waals surface area contributed by atoms with Gasteiger partial charge in [-0.2, -0.15) is 0 Å². The van der Waals surface area contributed by atoms with Crippen molar-refractivity contribution >= 4 is 0 Å². The first-order valence-corrected chi connectivity index (χ1v) is 7.47. The van der Waals surface area contributed by atoms with Crippen molar-refractivity contribution in [2.24, 2.45) is 5.92 Å². The second-order valence-corrected chi connectivity index (χ2v) is 5.44. The standard InChI is InChI=1S/C16H23F2NO/c1-2-8-19-15(11-12-6-9-20-10-7-12)13-4-3-5-14(17)16(13)18/h3-5,12,15,19H,2,6-11H2,1H3. The van der Waals surface area contributed by atoms with E-state index in [1.807, 2.05) is 0 Å². The highest BCUT2D eigenvalue weighted by molar-refractivity contribution is 5.22. The monoisotopic (exact) mass is 283 g/mol. The molecule has 112 valence electrons. The van der Waals surface area contributed by atoms with Crippen LogP contribution in [-0.4, -0.2) is 19.8 Å². The van der Waals surface area contributed by atoms with E-state index in [9.17, 15) is 8.78 Å². The lowest BCUT2D eigenvalue weighted by Crippen LogP contribution is -2.27. The molecule has 0 amide bonds. The van der Waals surface area contributed by atoms with E-state index < -0.39 is 11.6 Å². The molecule has 1 aliphatic rings. The Morgan fingerprint density at radius 3 is 2.75 bits per heavy atom. The molecule has 0 bridgehead atoms. The zero-order valence-electron chi connectivity index (χ0n) is 12.0. The molecule has 4 heteroatoms. The summed E-state index contributed by atoms with van der Waals surface area (Å²) in [6.45, 7) is 4.43. The smallest absolute Gasteiger partial charge is 0.163 e. The zero-order valence-corrected chi connectivity index (χ0v) is 12.0. The van der Waals surface area contributed by atoms with Gasteiger partial charge in [0.2, 0.25) is 0 Å². The third kappa shape index (κ3) is 4.00. The minimum Gasteiger partial charge on any atom is -0.381 e. The maximum absolute atomic E-state index is 14.0. The summed E-state index contributed by atoms with van der Waals surface area (Å²) in [4.78, 5) is 0. The fourth-order valence-electron chi connectivity index (χ4n) is 2.74. The lowest BCUT2D eigenvalue weighted by molar-refractivity contribution is 0.0603. The average Bonchev–Trinajstić information content (AvgIpc) is 2.48. The Morgan fingerprint density at radius 2 is 2.05 bits per heavy atom. The Kier molecular flexibility index (Phi) is 5.92. The molecule has 0 aromatic heterocycles. The highest BCUT2D eigenvalue weighted by Crippen LogP contribution is 2.29. The molecule has 0 saturated carbocycles. The van der Waals surface area contributed by atoms with Crippen LogP contribution in [0, 0.1) is 17.6 Å². The molecule has 1 N–H and O–H groups in total. The van der Waals surface area contributed by atoms with Crippen LogP contribution in [0.25, 0.3) is 0 Å². The summed E-state index contributed by atoms with van der Waals surface area (Å²) < 4.78 is 32.8. The molecule has 1 unspecified atom stereocenters. The van der Waals surface area contributed by atoms with Crippen LogP contribution in [0.1, 0.15) is 44.2 Å². The molecule has 2 rings (SSSR count). The Bertz CT molecular complexity index is 419. The topological polar surface area (TPSA) is 21.3 Å². The van der Waals surface area contributed by atoms with Gasteiger partial charge in [-0.1, -0.05) is 19.1 Å². The number of hydrogen-bond acceptors (Lipinski definition) is 2. The normalized spacial score (nSPS) is 18.1. The molecule has 1 heterocycles. The van der Waals surface area contributed by atoms with Crippen LogP contribution in [0.5, 0.6) is 0 Å². The molecule has 20 heavy (non-hydrogen) atoms. The van der Waals surface area contributed by atoms with Gasteiger partial charge in [-0.15, -0.1) is 0 Å². The Balaban J connectivity index is 2.11. The fourth-order valence-corrected chi connectivity index (χ4v) is 2.74. The molecule has 2 nitrogen and oxygen atoms in total. The number of hydrogen-bond donors (Lipinski definition) is 1. The van der Waals surface area contributed by atoms with E-state index in [0.29, 0.717) is 11.5 Å². The quantitative estimate of drug-likeness (QED) is 0.857. The van der Waals surface area contributed by atoms with Gasteiger partial charge in [0.25, 0.3) is 0 Å². The minimum atomic E-state index is -0.766. The maximum atomic E-state index is 14.0. The molecule has 1 aromatic carbocycles. The summed E-state index contributed by atoms with van der Waals surface area (Å²) in [5.74, 6) is -0.966. The van der Waals surface area contributed by atoms with Crippen molar-refractivity contribution < 1.29 is 13.5 Å². The maximum Gasteiger partial charge on any atom is 0.163 e. The van der Waals surface area contributed by atoms with Gasteiger partial charge in [0, 0.05) is 24.8 Å². The Labute approximate surface area is 119 Å². The van der Waals surface area contributed by atoms with Crippen molar-refractivity contribution in [2.45, 2.75) is 38.6 Å². The number of halogens is 2. The number of rotatable bonds is 6. The fraction of sp³-hybridized carbons (Fsp3) is 0.625. The van der Waals surface area contributed by atoms with Crippen molar-refractivity contribution in [3.05, 3.63) is 35.4 Å². The van der Waals surface area contributed by atoms with Crippen LogP contribution < -0.4 is 5.32 Å². The Hall–Kier alpha value is -1.00. The summed E-state index contributed by atoms with van der Waals surface area (Å²) in [5, 5.41) is 3.35. The minimum absolute atomic E-state index is 0.117. The van der Waals surface area contributed by atoms with Crippen molar-refractivity contribution in [3.63, 3.8) is 0 Å². The zero-order chi connectivity index (χ0) is 14.4. The predicted octanol–water partition coefficient (Wildman–Crippen LogP) is 3.82. The molecule has 0 spiro atoms. The lowest BCUT2D eigenvalue weighted by atomic mass is 9.89. The Morgan fingerprint density at radius 1 is 1.30 bits per heavy atom. The van der Waals surface area contributed by atoms with Gasteiger partial charge in [0.15, 0.2) is 11.6 Å². The van der Waals surface area contributed by atoms with Gasteiger partial charge >= 0.3 is 0 Å². The first-order valence-electron chi connectivity index (χ1n) is 7.47. The number of nitrogens with one attached hydrogen (secondary N) is 1. The molecule has 0 radical (unpaired) electrons. The van der Waals surface area contributed by atoms with Gasteiger partial charge < -0.3 is 10.1 Å². The van der Waals surface area contributed by atoms with E-state index in [-0.39, 0.29) is 6.04 Å². The highest BCUT2D eigenvalue weighted by Gasteiger charge is 2.23. The molecular weight excluding hydrogens is 260 g/mol. The van der Waals surface area contributed by atoms with Crippen LogP contribution in [0.2, 0.25) is 0 Å². The summed E-state index contributed by atoms with van der Waals surface area (Å²) >= 11 is 0. The molecule has 1 saturated heterocycles. The van der Waals surface area contributed by atoms with Crippen LogP contribution in [0.3, 0.4) is 0 Å². The van der Waals surface area contributed by atoms with Gasteiger partial charge in [-0.05, 0) is 44.2 Å². The number of ether oxygens (including phenoxy) is 1. The van der Waals surface area contributed by atoms with E-state index in [0.717, 1.165) is 45.4 Å². The van der Waals surface area contributed by atoms with Crippen LogP contribution in [0.4, 0.5) is 8.78 Å². The van der Waals surface area contributed by atoms with Gasteiger partial charge in [-0.25, -0.2) is 8.78 Å². The van der Waals surface area contributed by atoms with Gasteiger partial charge in [0.1, 0.15) is 0 Å². The van der Waals surface area contributed by atoms with Gasteiger partial charge in [0.05, 0.1) is 0 Å².